The smallest absolute Gasteiger partial charge is 0.336 e. The highest BCUT2D eigenvalue weighted by atomic mass is 35.5. The number of hydrogen-bond acceptors (Lipinski definition) is 8. The Morgan fingerprint density at radius 3 is 2.62 bits per heavy atom. The van der Waals surface area contributed by atoms with Gasteiger partial charge >= 0.3 is 5.97 Å². The minimum Gasteiger partial charge on any atom is -0.493 e. The molecule has 2 aliphatic rings. The van der Waals surface area contributed by atoms with Gasteiger partial charge in [0.15, 0.2) is 0 Å². The Kier molecular flexibility index (Phi) is 11.3. The Morgan fingerprint density at radius 2 is 2.00 bits per heavy atom. The van der Waals surface area contributed by atoms with E-state index in [1.807, 2.05) is 24.3 Å². The van der Waals surface area contributed by atoms with Crippen molar-refractivity contribution in [3.05, 3.63) is 70.1 Å². The van der Waals surface area contributed by atoms with Crippen LogP contribution in [0.15, 0.2) is 53.9 Å². The number of aliphatic hydroxyl groups is 1. The molecule has 0 spiro atoms. The van der Waals surface area contributed by atoms with Gasteiger partial charge < -0.3 is 24.2 Å². The Morgan fingerprint density at radius 1 is 1.24 bits per heavy atom. The Labute approximate surface area is 228 Å². The van der Waals surface area contributed by atoms with Crippen LogP contribution in [0.5, 0.6) is 5.75 Å². The topological polar surface area (TPSA) is 98.2 Å². The molecule has 200 valence electrons. The number of hydrogen-bond donors (Lipinski definition) is 2. The van der Waals surface area contributed by atoms with Crippen molar-refractivity contribution in [2.24, 2.45) is 0 Å². The Hall–Kier alpha value is -2.59. The first kappa shape index (κ1) is 29.0. The lowest BCUT2D eigenvalue weighted by molar-refractivity contribution is -0.141. The third-order valence-electron chi connectivity index (χ3n) is 6.26. The quantitative estimate of drug-likeness (QED) is 0.276. The van der Waals surface area contributed by atoms with Crippen molar-refractivity contribution in [3.8, 4) is 5.75 Å². The molecule has 8 nitrogen and oxygen atoms in total. The molecule has 1 aromatic carbocycles. The summed E-state index contributed by atoms with van der Waals surface area (Å²) in [4.78, 5) is 32.3. The number of carbonyl (C=O) groups is 2. The molecule has 3 heterocycles. The maximum atomic E-state index is 13.4. The summed E-state index contributed by atoms with van der Waals surface area (Å²) in [5, 5.41) is 7.35. The van der Waals surface area contributed by atoms with E-state index >= 15 is 0 Å². The second-order valence-electron chi connectivity index (χ2n) is 8.60. The van der Waals surface area contributed by atoms with E-state index in [0.29, 0.717) is 41.9 Å². The van der Waals surface area contributed by atoms with Crippen LogP contribution in [0, 0.1) is 0 Å². The first-order valence-electron chi connectivity index (χ1n) is 12.1. The van der Waals surface area contributed by atoms with Gasteiger partial charge in [0.2, 0.25) is 5.91 Å². The zero-order valence-electron chi connectivity index (χ0n) is 21.1. The number of ether oxygens (including phenoxy) is 3. The van der Waals surface area contributed by atoms with Crippen molar-refractivity contribution in [2.75, 3.05) is 32.6 Å². The average molecular weight is 549 g/mol. The molecule has 0 saturated carbocycles. The number of carbonyl (C=O) groups excluding carboxylic acids is 2. The largest absolute Gasteiger partial charge is 0.493 e. The van der Waals surface area contributed by atoms with Gasteiger partial charge in [0, 0.05) is 43.7 Å². The Bertz CT molecular complexity index is 1070. The molecular formula is C27H33ClN2O6S. The molecule has 1 amide bonds. The number of aromatic nitrogens is 1. The number of esters is 1. The molecule has 1 N–H and O–H groups in total. The highest BCUT2D eigenvalue weighted by Crippen LogP contribution is 2.37. The molecule has 37 heavy (non-hydrogen) atoms. The summed E-state index contributed by atoms with van der Waals surface area (Å²) in [6.07, 6.45) is 3.61. The lowest BCUT2D eigenvalue weighted by Crippen LogP contribution is -2.42. The zero-order valence-corrected chi connectivity index (χ0v) is 22.7. The maximum absolute atomic E-state index is 13.4. The maximum Gasteiger partial charge on any atom is 0.336 e. The first-order chi connectivity index (χ1) is 18.0. The third kappa shape index (κ3) is 7.70. The molecule has 0 radical (unpaired) electrons. The average Bonchev–Trinajstić information content (AvgIpc) is 3.44. The van der Waals surface area contributed by atoms with Crippen LogP contribution >= 0.6 is 24.2 Å². The van der Waals surface area contributed by atoms with Gasteiger partial charge in [-0.1, -0.05) is 29.8 Å². The predicted octanol–water partition coefficient (Wildman–Crippen LogP) is 4.16. The number of allylic oxidation sites excluding steroid dienone is 1. The van der Waals surface area contributed by atoms with Crippen LogP contribution < -0.4 is 4.74 Å². The highest BCUT2D eigenvalue weighted by molar-refractivity contribution is 7.80. The third-order valence-corrected chi connectivity index (χ3v) is 6.67. The van der Waals surface area contributed by atoms with Crippen LogP contribution in [0.2, 0.25) is 5.15 Å². The standard InChI is InChI=1S/C26H29ClN2O5S.CH4O/c1-17-25(26(31)34-16-18-4-7-20(8-5-18)33-11-12-35)22(19-6-9-23(27)28-14-19)13-24(30)29(17)15-21-3-2-10-32-21;1-2/h4-9,14,21-22,35H,2-3,10-13,15-16H2,1H3;2H,1H3/t21-,22+;/m0./s1. The van der Waals surface area contributed by atoms with E-state index in [2.05, 4.69) is 17.6 Å². The second kappa shape index (κ2) is 14.4. The fourth-order valence-corrected chi connectivity index (χ4v) is 4.65. The van der Waals surface area contributed by atoms with Gasteiger partial charge in [-0.15, -0.1) is 0 Å². The summed E-state index contributed by atoms with van der Waals surface area (Å²) in [6.45, 7) is 3.55. The molecule has 2 aromatic rings. The van der Waals surface area contributed by atoms with Crippen LogP contribution in [-0.2, 0) is 25.7 Å². The number of aliphatic hydroxyl groups excluding tert-OH is 1. The molecule has 2 atom stereocenters. The number of benzene rings is 1. The zero-order chi connectivity index (χ0) is 26.8. The molecule has 1 fully saturated rings. The number of rotatable bonds is 9. The van der Waals surface area contributed by atoms with Crippen LogP contribution in [-0.4, -0.2) is 65.6 Å². The van der Waals surface area contributed by atoms with Crippen LogP contribution in [0.25, 0.3) is 0 Å². The monoisotopic (exact) mass is 548 g/mol. The van der Waals surface area contributed by atoms with Crippen molar-refractivity contribution in [1.29, 1.82) is 0 Å². The number of nitrogens with zero attached hydrogens (tertiary/aromatic N) is 2. The van der Waals surface area contributed by atoms with E-state index in [1.54, 1.807) is 30.2 Å². The minimum atomic E-state index is -0.461. The lowest BCUT2D eigenvalue weighted by Gasteiger charge is -2.35. The molecule has 0 bridgehead atoms. The molecule has 1 aromatic heterocycles. The van der Waals surface area contributed by atoms with Gasteiger partial charge in [-0.2, -0.15) is 12.6 Å². The van der Waals surface area contributed by atoms with E-state index in [0.717, 1.165) is 36.8 Å². The van der Waals surface area contributed by atoms with Gasteiger partial charge in [-0.3, -0.25) is 4.79 Å². The molecule has 0 aliphatic carbocycles. The molecular weight excluding hydrogens is 516 g/mol. The predicted molar refractivity (Wildman–Crippen MR) is 144 cm³/mol. The van der Waals surface area contributed by atoms with Crippen molar-refractivity contribution in [1.82, 2.24) is 9.88 Å². The summed E-state index contributed by atoms with van der Waals surface area (Å²) < 4.78 is 17.0. The number of halogens is 1. The van der Waals surface area contributed by atoms with Crippen LogP contribution in [0.3, 0.4) is 0 Å². The van der Waals surface area contributed by atoms with E-state index in [-0.39, 0.29) is 25.0 Å². The van der Waals surface area contributed by atoms with Crippen LogP contribution in [0.4, 0.5) is 0 Å². The molecule has 0 unspecified atom stereocenters. The SMILES string of the molecule is CC1=C(C(=O)OCc2ccc(OCCS)cc2)[C@@H](c2ccc(Cl)nc2)CC(=O)N1C[C@@H]1CCCO1.CO. The molecule has 10 heteroatoms. The summed E-state index contributed by atoms with van der Waals surface area (Å²) in [6, 6.07) is 10.8. The summed E-state index contributed by atoms with van der Waals surface area (Å²) in [5.74, 6) is 0.398. The lowest BCUT2D eigenvalue weighted by atomic mass is 9.84. The summed E-state index contributed by atoms with van der Waals surface area (Å²) >= 11 is 10.1. The van der Waals surface area contributed by atoms with E-state index < -0.39 is 11.9 Å². The summed E-state index contributed by atoms with van der Waals surface area (Å²) in [5.41, 5.74) is 2.64. The van der Waals surface area contributed by atoms with Gasteiger partial charge in [0.25, 0.3) is 0 Å². The normalized spacial score (nSPS) is 19.4. The fourth-order valence-electron chi connectivity index (χ4n) is 4.44. The number of amides is 1. The van der Waals surface area contributed by atoms with Crippen LogP contribution in [0.1, 0.15) is 43.2 Å². The minimum absolute atomic E-state index is 0.0248. The molecule has 2 aliphatic heterocycles. The fraction of sp³-hybridized carbons (Fsp3) is 0.444. The Balaban J connectivity index is 0.00000186. The van der Waals surface area contributed by atoms with Crippen molar-refractivity contribution < 1.29 is 28.9 Å². The van der Waals surface area contributed by atoms with Crippen molar-refractivity contribution >= 4 is 36.1 Å². The van der Waals surface area contributed by atoms with Gasteiger partial charge in [-0.25, -0.2) is 9.78 Å². The van der Waals surface area contributed by atoms with Gasteiger partial charge in [-0.05, 0) is 49.1 Å². The highest BCUT2D eigenvalue weighted by Gasteiger charge is 2.38. The summed E-state index contributed by atoms with van der Waals surface area (Å²) in [7, 11) is 1.00. The van der Waals surface area contributed by atoms with E-state index in [1.165, 1.54) is 0 Å². The molecule has 1 saturated heterocycles. The number of thiol groups is 1. The van der Waals surface area contributed by atoms with E-state index in [4.69, 9.17) is 30.9 Å². The number of pyridine rings is 1. The van der Waals surface area contributed by atoms with Gasteiger partial charge in [0.05, 0.1) is 24.8 Å². The van der Waals surface area contributed by atoms with Gasteiger partial charge in [0.1, 0.15) is 17.5 Å². The van der Waals surface area contributed by atoms with Crippen molar-refractivity contribution in [3.63, 3.8) is 0 Å². The second-order valence-corrected chi connectivity index (χ2v) is 9.44. The van der Waals surface area contributed by atoms with E-state index in [9.17, 15) is 9.59 Å². The first-order valence-corrected chi connectivity index (χ1v) is 13.2. The van der Waals surface area contributed by atoms with Crippen molar-refractivity contribution in [2.45, 2.75) is 44.8 Å². The molecule has 4 rings (SSSR count).